The van der Waals surface area contributed by atoms with Gasteiger partial charge in [0.25, 0.3) is 0 Å². The third kappa shape index (κ3) is 3.35. The highest BCUT2D eigenvalue weighted by Crippen LogP contribution is 2.37. The maximum absolute atomic E-state index is 13.5. The Kier molecular flexibility index (Phi) is 4.95. The van der Waals surface area contributed by atoms with Crippen molar-refractivity contribution in [2.24, 2.45) is 0 Å². The molecule has 1 aromatic rings. The molecule has 0 aliphatic rings. The summed E-state index contributed by atoms with van der Waals surface area (Å²) in [5.74, 6) is -0.119. The standard InChI is InChI=1S/C13H17FO4/c1-8(14)10-6-9(4-5-12(15)16)7-11(17-2)13(10)18-3/h6-8H,4-5H2,1-3H3,(H,15,16). The summed E-state index contributed by atoms with van der Waals surface area (Å²) in [4.78, 5) is 10.5. The number of hydrogen-bond donors (Lipinski definition) is 1. The Morgan fingerprint density at radius 2 is 2.06 bits per heavy atom. The molecule has 0 aliphatic carbocycles. The lowest BCUT2D eigenvalue weighted by molar-refractivity contribution is -0.136. The van der Waals surface area contributed by atoms with Crippen LogP contribution in [0, 0.1) is 0 Å². The van der Waals surface area contributed by atoms with Gasteiger partial charge in [0.1, 0.15) is 6.17 Å². The van der Waals surface area contributed by atoms with Crippen LogP contribution >= 0.6 is 0 Å². The first-order valence-corrected chi connectivity index (χ1v) is 5.60. The van der Waals surface area contributed by atoms with E-state index in [2.05, 4.69) is 0 Å². The Morgan fingerprint density at radius 1 is 1.39 bits per heavy atom. The Balaban J connectivity index is 3.14. The van der Waals surface area contributed by atoms with Crippen LogP contribution in [0.15, 0.2) is 12.1 Å². The first kappa shape index (κ1) is 14.3. The molecule has 0 aliphatic heterocycles. The van der Waals surface area contributed by atoms with Gasteiger partial charge in [-0.2, -0.15) is 0 Å². The maximum Gasteiger partial charge on any atom is 0.303 e. The number of rotatable bonds is 6. The van der Waals surface area contributed by atoms with Crippen LogP contribution in [0.1, 0.15) is 30.6 Å². The van der Waals surface area contributed by atoms with Crippen molar-refractivity contribution in [3.63, 3.8) is 0 Å². The summed E-state index contributed by atoms with van der Waals surface area (Å²) < 4.78 is 23.8. The Bertz CT molecular complexity index is 429. The van der Waals surface area contributed by atoms with Crippen molar-refractivity contribution >= 4 is 5.97 Å². The lowest BCUT2D eigenvalue weighted by Gasteiger charge is -2.15. The molecule has 0 fully saturated rings. The highest BCUT2D eigenvalue weighted by Gasteiger charge is 2.17. The van der Waals surface area contributed by atoms with E-state index >= 15 is 0 Å². The lowest BCUT2D eigenvalue weighted by Crippen LogP contribution is -2.02. The predicted octanol–water partition coefficient (Wildman–Crippen LogP) is 2.75. The van der Waals surface area contributed by atoms with Gasteiger partial charge in [0.05, 0.1) is 14.2 Å². The second kappa shape index (κ2) is 6.23. The minimum atomic E-state index is -1.21. The number of hydrogen-bond acceptors (Lipinski definition) is 3. The van der Waals surface area contributed by atoms with Crippen LogP contribution < -0.4 is 9.47 Å². The summed E-state index contributed by atoms with van der Waals surface area (Å²) >= 11 is 0. The smallest absolute Gasteiger partial charge is 0.303 e. The number of halogens is 1. The molecule has 0 saturated heterocycles. The van der Waals surface area contributed by atoms with E-state index in [4.69, 9.17) is 14.6 Å². The van der Waals surface area contributed by atoms with E-state index in [1.54, 1.807) is 12.1 Å². The van der Waals surface area contributed by atoms with Crippen molar-refractivity contribution in [2.45, 2.75) is 25.9 Å². The number of ether oxygens (including phenoxy) is 2. The molecule has 0 heterocycles. The van der Waals surface area contributed by atoms with Crippen LogP contribution in [0.4, 0.5) is 4.39 Å². The molecular formula is C13H17FO4. The van der Waals surface area contributed by atoms with Crippen LogP contribution in [0.3, 0.4) is 0 Å². The molecule has 0 saturated carbocycles. The minimum absolute atomic E-state index is 0.00438. The number of benzene rings is 1. The largest absolute Gasteiger partial charge is 0.493 e. The van der Waals surface area contributed by atoms with Crippen molar-refractivity contribution in [2.75, 3.05) is 14.2 Å². The zero-order chi connectivity index (χ0) is 13.7. The second-order valence-corrected chi connectivity index (χ2v) is 3.93. The molecule has 0 spiro atoms. The van der Waals surface area contributed by atoms with E-state index in [-0.39, 0.29) is 6.42 Å². The first-order valence-electron chi connectivity index (χ1n) is 5.60. The summed E-state index contributed by atoms with van der Waals surface area (Å²) in [6, 6.07) is 3.29. The lowest BCUT2D eigenvalue weighted by atomic mass is 10.0. The number of carboxylic acids is 1. The molecule has 5 heteroatoms. The Labute approximate surface area is 105 Å². The van der Waals surface area contributed by atoms with Crippen molar-refractivity contribution in [1.29, 1.82) is 0 Å². The SMILES string of the molecule is COc1cc(CCC(=O)O)cc(C(C)F)c1OC. The zero-order valence-corrected chi connectivity index (χ0v) is 10.7. The van der Waals surface area contributed by atoms with E-state index in [1.165, 1.54) is 21.1 Å². The van der Waals surface area contributed by atoms with Gasteiger partial charge in [-0.1, -0.05) is 0 Å². The highest BCUT2D eigenvalue weighted by atomic mass is 19.1. The summed E-state index contributed by atoms with van der Waals surface area (Å²) in [7, 11) is 2.91. The summed E-state index contributed by atoms with van der Waals surface area (Å²) in [6.45, 7) is 1.40. The Hall–Kier alpha value is -1.78. The van der Waals surface area contributed by atoms with Crippen molar-refractivity contribution in [3.8, 4) is 11.5 Å². The van der Waals surface area contributed by atoms with E-state index in [0.29, 0.717) is 23.5 Å². The average molecular weight is 256 g/mol. The molecule has 0 amide bonds. The number of alkyl halides is 1. The molecule has 0 bridgehead atoms. The summed E-state index contributed by atoms with van der Waals surface area (Å²) in [5, 5.41) is 8.65. The molecule has 1 unspecified atom stereocenters. The van der Waals surface area contributed by atoms with Crippen molar-refractivity contribution in [1.82, 2.24) is 0 Å². The van der Waals surface area contributed by atoms with Crippen LogP contribution in [-0.4, -0.2) is 25.3 Å². The fourth-order valence-electron chi connectivity index (χ4n) is 1.74. The van der Waals surface area contributed by atoms with Gasteiger partial charge in [0.2, 0.25) is 0 Å². The molecule has 100 valence electrons. The number of methoxy groups -OCH3 is 2. The van der Waals surface area contributed by atoms with Gasteiger partial charge in [0.15, 0.2) is 11.5 Å². The molecule has 1 aromatic carbocycles. The second-order valence-electron chi connectivity index (χ2n) is 3.93. The normalized spacial score (nSPS) is 12.0. The number of carboxylic acid groups (broad SMARTS) is 1. The highest BCUT2D eigenvalue weighted by molar-refractivity contribution is 5.67. The van der Waals surface area contributed by atoms with Crippen LogP contribution in [0.2, 0.25) is 0 Å². The Morgan fingerprint density at radius 3 is 2.50 bits per heavy atom. The van der Waals surface area contributed by atoms with Crippen LogP contribution in [0.5, 0.6) is 11.5 Å². The van der Waals surface area contributed by atoms with E-state index in [0.717, 1.165) is 5.56 Å². The quantitative estimate of drug-likeness (QED) is 0.850. The van der Waals surface area contributed by atoms with Gasteiger partial charge >= 0.3 is 5.97 Å². The fourth-order valence-corrected chi connectivity index (χ4v) is 1.74. The average Bonchev–Trinajstić information content (AvgIpc) is 2.34. The minimum Gasteiger partial charge on any atom is -0.493 e. The molecule has 1 rings (SSSR count). The number of aryl methyl sites for hydroxylation is 1. The van der Waals surface area contributed by atoms with Crippen molar-refractivity contribution < 1.29 is 23.8 Å². The monoisotopic (exact) mass is 256 g/mol. The topological polar surface area (TPSA) is 55.8 Å². The summed E-state index contributed by atoms with van der Waals surface area (Å²) in [5.41, 5.74) is 1.09. The molecular weight excluding hydrogens is 239 g/mol. The first-order chi connectivity index (χ1) is 8.49. The van der Waals surface area contributed by atoms with E-state index in [9.17, 15) is 9.18 Å². The maximum atomic E-state index is 13.5. The molecule has 1 N–H and O–H groups in total. The summed E-state index contributed by atoms with van der Waals surface area (Å²) in [6.07, 6.45) is -0.885. The van der Waals surface area contributed by atoms with Gasteiger partial charge in [0, 0.05) is 12.0 Å². The zero-order valence-electron chi connectivity index (χ0n) is 10.7. The fraction of sp³-hybridized carbons (Fsp3) is 0.462. The van der Waals surface area contributed by atoms with Gasteiger partial charge in [-0.25, -0.2) is 4.39 Å². The van der Waals surface area contributed by atoms with Crippen LogP contribution in [0.25, 0.3) is 0 Å². The molecule has 18 heavy (non-hydrogen) atoms. The van der Waals surface area contributed by atoms with E-state index in [1.807, 2.05) is 0 Å². The van der Waals surface area contributed by atoms with Crippen LogP contribution in [-0.2, 0) is 11.2 Å². The number of aliphatic carboxylic acids is 1. The molecule has 0 aromatic heterocycles. The van der Waals surface area contributed by atoms with Crippen molar-refractivity contribution in [3.05, 3.63) is 23.3 Å². The molecule has 0 radical (unpaired) electrons. The number of carbonyl (C=O) groups is 1. The molecule has 4 nitrogen and oxygen atoms in total. The van der Waals surface area contributed by atoms with Gasteiger partial charge in [-0.15, -0.1) is 0 Å². The van der Waals surface area contributed by atoms with E-state index < -0.39 is 12.1 Å². The third-order valence-corrected chi connectivity index (χ3v) is 2.62. The van der Waals surface area contributed by atoms with Gasteiger partial charge in [-0.3, -0.25) is 4.79 Å². The molecule has 1 atom stereocenters. The third-order valence-electron chi connectivity index (χ3n) is 2.62. The predicted molar refractivity (Wildman–Crippen MR) is 65.0 cm³/mol. The van der Waals surface area contributed by atoms with Gasteiger partial charge < -0.3 is 14.6 Å². The van der Waals surface area contributed by atoms with Gasteiger partial charge in [-0.05, 0) is 31.0 Å².